The van der Waals surface area contributed by atoms with Crippen LogP contribution in [0.5, 0.6) is 5.75 Å². The molecular formula is C22H25F3O2. The van der Waals surface area contributed by atoms with E-state index in [1.54, 1.807) is 36.4 Å². The predicted octanol–water partition coefficient (Wildman–Crippen LogP) is 5.28. The van der Waals surface area contributed by atoms with E-state index in [2.05, 4.69) is 0 Å². The highest BCUT2D eigenvalue weighted by molar-refractivity contribution is 5.52. The molecule has 0 spiro atoms. The summed E-state index contributed by atoms with van der Waals surface area (Å²) < 4.78 is 48.3. The quantitative estimate of drug-likeness (QED) is 0.756. The average Bonchev–Trinajstić information content (AvgIpc) is 2.97. The van der Waals surface area contributed by atoms with Crippen LogP contribution in [0.25, 0.3) is 0 Å². The Bertz CT molecular complexity index is 752. The van der Waals surface area contributed by atoms with Gasteiger partial charge < -0.3 is 9.84 Å². The molecule has 0 heterocycles. The molecule has 5 heteroatoms. The molecule has 1 aromatic rings. The van der Waals surface area contributed by atoms with Gasteiger partial charge in [-0.05, 0) is 42.0 Å². The second-order valence-electron chi connectivity index (χ2n) is 7.99. The minimum atomic E-state index is -3.88. The number of rotatable bonds is 5. The van der Waals surface area contributed by atoms with Crippen molar-refractivity contribution in [2.75, 3.05) is 13.3 Å². The van der Waals surface area contributed by atoms with Crippen LogP contribution in [0.2, 0.25) is 0 Å². The van der Waals surface area contributed by atoms with Crippen LogP contribution in [0.15, 0.2) is 42.5 Å². The minimum Gasteiger partial charge on any atom is -0.493 e. The minimum absolute atomic E-state index is 0.0810. The third kappa shape index (κ3) is 3.00. The number of benzene rings is 1. The number of fused-ring (bicyclic) bond motifs is 3. The third-order valence-electron chi connectivity index (χ3n) is 6.35. The summed E-state index contributed by atoms with van der Waals surface area (Å²) in [6.07, 6.45) is 12.6. The first-order valence-corrected chi connectivity index (χ1v) is 9.76. The van der Waals surface area contributed by atoms with Gasteiger partial charge in [0, 0.05) is 11.8 Å². The number of allylic oxidation sites excluding steroid dienone is 3. The Morgan fingerprint density at radius 1 is 1.11 bits per heavy atom. The maximum Gasteiger partial charge on any atom is 0.308 e. The van der Waals surface area contributed by atoms with Crippen LogP contribution in [-0.4, -0.2) is 24.3 Å². The summed E-state index contributed by atoms with van der Waals surface area (Å²) in [5, 5.41) is 11.1. The van der Waals surface area contributed by atoms with Crippen molar-refractivity contribution in [3.8, 4) is 5.75 Å². The van der Waals surface area contributed by atoms with E-state index in [0.717, 1.165) is 12.8 Å². The standard InChI is InChI=1S/C22H25F3O2/c23-14-21(24,25)22(26)19-9-5-4-8-17(19)18-11-10-16(12-20(18)22)27-13-15-6-2-1-3-7-15/h4-5,8-12,15,17,19,26H,1-3,6-7,13-14H2. The number of alkyl halides is 3. The first-order chi connectivity index (χ1) is 13.0. The molecule has 0 bridgehead atoms. The van der Waals surface area contributed by atoms with Crippen molar-refractivity contribution in [1.82, 2.24) is 0 Å². The second-order valence-corrected chi connectivity index (χ2v) is 7.99. The lowest BCUT2D eigenvalue weighted by Crippen LogP contribution is -2.50. The Hall–Kier alpha value is -1.75. The van der Waals surface area contributed by atoms with Crippen molar-refractivity contribution >= 4 is 0 Å². The van der Waals surface area contributed by atoms with Crippen LogP contribution < -0.4 is 4.74 Å². The smallest absolute Gasteiger partial charge is 0.308 e. The number of ether oxygens (including phenoxy) is 1. The molecule has 1 N–H and O–H groups in total. The fourth-order valence-electron chi connectivity index (χ4n) is 4.84. The summed E-state index contributed by atoms with van der Waals surface area (Å²) in [5.41, 5.74) is -1.88. The summed E-state index contributed by atoms with van der Waals surface area (Å²) >= 11 is 0. The molecule has 0 aromatic heterocycles. The van der Waals surface area contributed by atoms with Crippen LogP contribution in [0, 0.1) is 11.8 Å². The van der Waals surface area contributed by atoms with Crippen LogP contribution in [0.4, 0.5) is 13.2 Å². The molecule has 0 saturated heterocycles. The van der Waals surface area contributed by atoms with Crippen molar-refractivity contribution in [2.45, 2.75) is 49.5 Å². The van der Waals surface area contributed by atoms with Crippen molar-refractivity contribution in [3.63, 3.8) is 0 Å². The van der Waals surface area contributed by atoms with Crippen LogP contribution in [0.3, 0.4) is 0 Å². The van der Waals surface area contributed by atoms with Crippen molar-refractivity contribution in [2.24, 2.45) is 11.8 Å². The molecule has 146 valence electrons. The lowest BCUT2D eigenvalue weighted by molar-refractivity contribution is -0.210. The summed E-state index contributed by atoms with van der Waals surface area (Å²) in [7, 11) is 0. The van der Waals surface area contributed by atoms with E-state index in [9.17, 15) is 18.3 Å². The fourth-order valence-corrected chi connectivity index (χ4v) is 4.84. The van der Waals surface area contributed by atoms with E-state index in [1.165, 1.54) is 25.3 Å². The highest BCUT2D eigenvalue weighted by atomic mass is 19.3. The van der Waals surface area contributed by atoms with Gasteiger partial charge in [0.05, 0.1) is 6.61 Å². The lowest BCUT2D eigenvalue weighted by Gasteiger charge is -2.37. The molecule has 2 nitrogen and oxygen atoms in total. The van der Waals surface area contributed by atoms with E-state index in [4.69, 9.17) is 4.74 Å². The highest BCUT2D eigenvalue weighted by Crippen LogP contribution is 2.58. The summed E-state index contributed by atoms with van der Waals surface area (Å²) in [4.78, 5) is 0. The molecule has 27 heavy (non-hydrogen) atoms. The van der Waals surface area contributed by atoms with Gasteiger partial charge in [0.25, 0.3) is 0 Å². The molecular weight excluding hydrogens is 353 g/mol. The van der Waals surface area contributed by atoms with Gasteiger partial charge in [-0.15, -0.1) is 0 Å². The Kier molecular flexibility index (Phi) is 4.83. The number of hydrogen-bond acceptors (Lipinski definition) is 2. The Balaban J connectivity index is 1.66. The van der Waals surface area contributed by atoms with Gasteiger partial charge in [-0.1, -0.05) is 49.6 Å². The number of hydrogen-bond donors (Lipinski definition) is 1. The highest BCUT2D eigenvalue weighted by Gasteiger charge is 2.64. The number of aliphatic hydroxyl groups is 1. The molecule has 0 aliphatic heterocycles. The maximum absolute atomic E-state index is 14.6. The zero-order valence-electron chi connectivity index (χ0n) is 15.2. The summed E-state index contributed by atoms with van der Waals surface area (Å²) in [6, 6.07) is 4.99. The molecule has 3 aliphatic carbocycles. The van der Waals surface area contributed by atoms with Gasteiger partial charge >= 0.3 is 5.92 Å². The van der Waals surface area contributed by atoms with E-state index in [1.807, 2.05) is 0 Å². The Labute approximate surface area is 157 Å². The van der Waals surface area contributed by atoms with Gasteiger partial charge in [0.1, 0.15) is 5.75 Å². The molecule has 3 aliphatic rings. The largest absolute Gasteiger partial charge is 0.493 e. The zero-order chi connectivity index (χ0) is 19.1. The SMILES string of the molecule is OC1(C(F)(F)CF)c2cc(OCC3CCCCC3)ccc2C2C=CC=CC21. The zero-order valence-corrected chi connectivity index (χ0v) is 15.2. The van der Waals surface area contributed by atoms with Crippen molar-refractivity contribution in [3.05, 3.63) is 53.6 Å². The van der Waals surface area contributed by atoms with E-state index in [-0.39, 0.29) is 11.5 Å². The maximum atomic E-state index is 14.6. The molecule has 1 fully saturated rings. The van der Waals surface area contributed by atoms with Crippen LogP contribution in [0.1, 0.15) is 49.1 Å². The first-order valence-electron chi connectivity index (χ1n) is 9.76. The van der Waals surface area contributed by atoms with Gasteiger partial charge in [0.15, 0.2) is 12.3 Å². The summed E-state index contributed by atoms with van der Waals surface area (Å²) in [6.45, 7) is -1.36. The lowest BCUT2D eigenvalue weighted by atomic mass is 9.77. The van der Waals surface area contributed by atoms with Crippen LogP contribution in [-0.2, 0) is 5.60 Å². The van der Waals surface area contributed by atoms with Gasteiger partial charge in [-0.2, -0.15) is 0 Å². The van der Waals surface area contributed by atoms with Gasteiger partial charge in [-0.3, -0.25) is 0 Å². The molecule has 3 atom stereocenters. The molecule has 0 amide bonds. The third-order valence-corrected chi connectivity index (χ3v) is 6.35. The molecule has 0 radical (unpaired) electrons. The topological polar surface area (TPSA) is 29.5 Å². The average molecular weight is 378 g/mol. The number of halogens is 3. The molecule has 3 unspecified atom stereocenters. The molecule has 1 saturated carbocycles. The monoisotopic (exact) mass is 378 g/mol. The predicted molar refractivity (Wildman–Crippen MR) is 97.8 cm³/mol. The molecule has 1 aromatic carbocycles. The second kappa shape index (κ2) is 7.01. The Morgan fingerprint density at radius 3 is 2.59 bits per heavy atom. The van der Waals surface area contributed by atoms with E-state index in [0.29, 0.717) is 23.8 Å². The summed E-state index contributed by atoms with van der Waals surface area (Å²) in [5.74, 6) is -4.22. The van der Waals surface area contributed by atoms with Gasteiger partial charge in [0.2, 0.25) is 0 Å². The van der Waals surface area contributed by atoms with Gasteiger partial charge in [-0.25, -0.2) is 13.2 Å². The van der Waals surface area contributed by atoms with E-state index < -0.39 is 24.1 Å². The van der Waals surface area contributed by atoms with E-state index >= 15 is 0 Å². The molecule has 4 rings (SSSR count). The first kappa shape index (κ1) is 18.6. The van der Waals surface area contributed by atoms with Crippen LogP contribution >= 0.6 is 0 Å². The fraction of sp³-hybridized carbons (Fsp3) is 0.545. The normalized spacial score (nSPS) is 30.2. The van der Waals surface area contributed by atoms with Crippen molar-refractivity contribution in [1.29, 1.82) is 0 Å². The van der Waals surface area contributed by atoms with Crippen molar-refractivity contribution < 1.29 is 23.0 Å². The Morgan fingerprint density at radius 2 is 1.85 bits per heavy atom.